The Kier molecular flexibility index (Phi) is 8.63. The van der Waals surface area contributed by atoms with Gasteiger partial charge in [-0.2, -0.15) is 0 Å². The summed E-state index contributed by atoms with van der Waals surface area (Å²) in [5.41, 5.74) is 2.32. The summed E-state index contributed by atoms with van der Waals surface area (Å²) in [4.78, 5) is 8.98. The molecule has 0 aliphatic heterocycles. The summed E-state index contributed by atoms with van der Waals surface area (Å²) in [6, 6.07) is 7.95. The molecule has 138 valence electrons. The quantitative estimate of drug-likeness (QED) is 0.353. The minimum atomic E-state index is 0. The third-order valence-corrected chi connectivity index (χ3v) is 4.74. The van der Waals surface area contributed by atoms with Crippen LogP contribution in [0.5, 0.6) is 0 Å². The summed E-state index contributed by atoms with van der Waals surface area (Å²) in [6.07, 6.45) is 0. The highest BCUT2D eigenvalue weighted by Gasteiger charge is 2.17. The predicted molar refractivity (Wildman–Crippen MR) is 119 cm³/mol. The first-order valence-electron chi connectivity index (χ1n) is 7.97. The lowest BCUT2D eigenvalue weighted by Crippen LogP contribution is -2.38. The minimum absolute atomic E-state index is 0. The highest BCUT2D eigenvalue weighted by atomic mass is 127. The van der Waals surface area contributed by atoms with Crippen molar-refractivity contribution >= 4 is 52.9 Å². The second-order valence-corrected chi connectivity index (χ2v) is 8.10. The van der Waals surface area contributed by atoms with Gasteiger partial charge in [0, 0.05) is 22.9 Å². The van der Waals surface area contributed by atoms with E-state index in [4.69, 9.17) is 16.6 Å². The van der Waals surface area contributed by atoms with E-state index in [0.29, 0.717) is 6.54 Å². The fourth-order valence-corrected chi connectivity index (χ4v) is 3.31. The number of halogens is 2. The van der Waals surface area contributed by atoms with E-state index in [-0.39, 0.29) is 35.4 Å². The molecule has 7 heteroatoms. The Morgan fingerprint density at radius 2 is 2.08 bits per heavy atom. The van der Waals surface area contributed by atoms with Gasteiger partial charge in [-0.3, -0.25) is 4.99 Å². The van der Waals surface area contributed by atoms with E-state index >= 15 is 0 Å². The third kappa shape index (κ3) is 6.75. The monoisotopic (exact) mass is 492 g/mol. The summed E-state index contributed by atoms with van der Waals surface area (Å²) in [7, 11) is 1.77. The average Bonchev–Trinajstić information content (AvgIpc) is 3.00. The van der Waals surface area contributed by atoms with Gasteiger partial charge in [0.2, 0.25) is 0 Å². The molecular formula is C18H26ClIN4S. The number of hydrogen-bond acceptors (Lipinski definition) is 3. The van der Waals surface area contributed by atoms with Crippen LogP contribution in [0.4, 0.5) is 0 Å². The Balaban J connectivity index is 0.00000312. The average molecular weight is 493 g/mol. The van der Waals surface area contributed by atoms with Crippen molar-refractivity contribution in [3.8, 4) is 0 Å². The first-order chi connectivity index (χ1) is 11.3. The molecular weight excluding hydrogens is 467 g/mol. The molecule has 1 aromatic heterocycles. The lowest BCUT2D eigenvalue weighted by molar-refractivity contribution is 0.570. The molecule has 0 saturated carbocycles. The molecule has 1 unspecified atom stereocenters. The number of guanidine groups is 1. The van der Waals surface area contributed by atoms with Gasteiger partial charge in [-0.25, -0.2) is 4.98 Å². The van der Waals surface area contributed by atoms with Crippen molar-refractivity contribution in [3.63, 3.8) is 0 Å². The zero-order valence-corrected chi connectivity index (χ0v) is 19.2. The van der Waals surface area contributed by atoms with E-state index in [2.05, 4.69) is 48.7 Å². The highest BCUT2D eigenvalue weighted by Crippen LogP contribution is 2.23. The Morgan fingerprint density at radius 1 is 1.36 bits per heavy atom. The van der Waals surface area contributed by atoms with Crippen LogP contribution in [0.3, 0.4) is 0 Å². The van der Waals surface area contributed by atoms with Crippen molar-refractivity contribution in [2.45, 2.75) is 45.7 Å². The largest absolute Gasteiger partial charge is 0.350 e. The highest BCUT2D eigenvalue weighted by molar-refractivity contribution is 14.0. The van der Waals surface area contributed by atoms with E-state index in [1.54, 1.807) is 18.4 Å². The molecule has 2 N–H and O–H groups in total. The number of aliphatic imine (C=N–C) groups is 1. The summed E-state index contributed by atoms with van der Waals surface area (Å²) in [5, 5.41) is 10.6. The van der Waals surface area contributed by atoms with Crippen LogP contribution >= 0.6 is 46.9 Å². The topological polar surface area (TPSA) is 49.3 Å². The number of thiazole rings is 1. The molecule has 0 fully saturated rings. The lowest BCUT2D eigenvalue weighted by atomic mass is 9.93. The maximum absolute atomic E-state index is 6.06. The minimum Gasteiger partial charge on any atom is -0.350 e. The number of nitrogens with zero attached hydrogens (tertiary/aromatic N) is 2. The first-order valence-corrected chi connectivity index (χ1v) is 9.23. The Morgan fingerprint density at radius 3 is 2.64 bits per heavy atom. The van der Waals surface area contributed by atoms with Gasteiger partial charge in [0.25, 0.3) is 0 Å². The zero-order chi connectivity index (χ0) is 17.7. The van der Waals surface area contributed by atoms with Gasteiger partial charge < -0.3 is 10.6 Å². The van der Waals surface area contributed by atoms with Crippen LogP contribution in [0.15, 0.2) is 34.6 Å². The molecule has 1 atom stereocenters. The molecule has 0 radical (unpaired) electrons. The molecule has 0 bridgehead atoms. The number of aromatic nitrogens is 1. The van der Waals surface area contributed by atoms with Crippen molar-refractivity contribution in [2.75, 3.05) is 7.05 Å². The lowest BCUT2D eigenvalue weighted by Gasteiger charge is -2.18. The molecule has 1 aromatic carbocycles. The fraction of sp³-hybridized carbons (Fsp3) is 0.444. The van der Waals surface area contributed by atoms with E-state index in [0.717, 1.165) is 27.2 Å². The van der Waals surface area contributed by atoms with Gasteiger partial charge in [-0.15, -0.1) is 35.3 Å². The number of benzene rings is 1. The molecule has 0 amide bonds. The normalized spacial score (nSPS) is 13.1. The SMILES string of the molecule is CN=C(NCc1nc(C(C)(C)C)cs1)NC(C)c1cccc(Cl)c1.I. The molecule has 1 heterocycles. The van der Waals surface area contributed by atoms with Crippen molar-refractivity contribution in [1.29, 1.82) is 0 Å². The van der Waals surface area contributed by atoms with Crippen LogP contribution in [0.25, 0.3) is 0 Å². The molecule has 0 aliphatic carbocycles. The van der Waals surface area contributed by atoms with Crippen LogP contribution < -0.4 is 10.6 Å². The predicted octanol–water partition coefficient (Wildman–Crippen LogP) is 5.14. The second kappa shape index (κ2) is 9.73. The van der Waals surface area contributed by atoms with Crippen LogP contribution in [0.2, 0.25) is 5.02 Å². The maximum atomic E-state index is 6.06. The Bertz CT molecular complexity index is 709. The van der Waals surface area contributed by atoms with Gasteiger partial charge in [0.05, 0.1) is 18.3 Å². The van der Waals surface area contributed by atoms with E-state index in [1.165, 1.54) is 0 Å². The summed E-state index contributed by atoms with van der Waals surface area (Å²) >= 11 is 7.73. The van der Waals surface area contributed by atoms with Crippen LogP contribution in [-0.4, -0.2) is 18.0 Å². The van der Waals surface area contributed by atoms with Crippen LogP contribution in [0.1, 0.15) is 50.0 Å². The third-order valence-electron chi connectivity index (χ3n) is 3.65. The number of hydrogen-bond donors (Lipinski definition) is 2. The Labute approximate surface area is 176 Å². The van der Waals surface area contributed by atoms with Crippen molar-refractivity contribution < 1.29 is 0 Å². The molecule has 4 nitrogen and oxygen atoms in total. The second-order valence-electron chi connectivity index (χ2n) is 6.72. The van der Waals surface area contributed by atoms with Crippen molar-refractivity contribution in [2.24, 2.45) is 4.99 Å². The standard InChI is InChI=1S/C18H25ClN4S.HI/c1-12(13-7-6-8-14(19)9-13)22-17(20-5)21-10-16-23-15(11-24-16)18(2,3)4;/h6-9,11-12H,10H2,1-5H3,(H2,20,21,22);1H. The van der Waals surface area contributed by atoms with E-state index in [1.807, 2.05) is 24.3 Å². The number of rotatable bonds is 4. The van der Waals surface area contributed by atoms with Gasteiger partial charge >= 0.3 is 0 Å². The summed E-state index contributed by atoms with van der Waals surface area (Å²) < 4.78 is 0. The van der Waals surface area contributed by atoms with Gasteiger partial charge in [0.1, 0.15) is 5.01 Å². The van der Waals surface area contributed by atoms with Gasteiger partial charge in [0.15, 0.2) is 5.96 Å². The molecule has 0 aliphatic rings. The maximum Gasteiger partial charge on any atom is 0.191 e. The van der Waals surface area contributed by atoms with Crippen molar-refractivity contribution in [1.82, 2.24) is 15.6 Å². The fourth-order valence-electron chi connectivity index (χ4n) is 2.15. The number of nitrogens with one attached hydrogen (secondary N) is 2. The van der Waals surface area contributed by atoms with E-state index in [9.17, 15) is 0 Å². The molecule has 0 saturated heterocycles. The zero-order valence-electron chi connectivity index (χ0n) is 15.3. The molecule has 2 rings (SSSR count). The summed E-state index contributed by atoms with van der Waals surface area (Å²) in [5.74, 6) is 0.745. The first kappa shape index (κ1) is 22.2. The molecule has 0 spiro atoms. The molecule has 2 aromatic rings. The molecule has 25 heavy (non-hydrogen) atoms. The summed E-state index contributed by atoms with van der Waals surface area (Å²) in [6.45, 7) is 9.26. The van der Waals surface area contributed by atoms with E-state index < -0.39 is 0 Å². The van der Waals surface area contributed by atoms with Crippen molar-refractivity contribution in [3.05, 3.63) is 50.9 Å². The van der Waals surface area contributed by atoms with Gasteiger partial charge in [-0.1, -0.05) is 44.5 Å². The Hall–Kier alpha value is -0.860. The van der Waals surface area contributed by atoms with Gasteiger partial charge in [-0.05, 0) is 24.6 Å². The van der Waals surface area contributed by atoms with Crippen LogP contribution in [-0.2, 0) is 12.0 Å². The smallest absolute Gasteiger partial charge is 0.191 e. The van der Waals surface area contributed by atoms with Crippen LogP contribution in [0, 0.1) is 0 Å².